The first-order valence-corrected chi connectivity index (χ1v) is 11.9. The molecule has 0 aromatic carbocycles. The molecule has 30 heavy (non-hydrogen) atoms. The number of carbonyl (C=O) groups is 2. The number of hydrogen-bond acceptors (Lipinski definition) is 6. The Morgan fingerprint density at radius 2 is 2.13 bits per heavy atom. The Labute approximate surface area is 187 Å². The molecule has 0 unspecified atom stereocenters. The van der Waals surface area contributed by atoms with Gasteiger partial charge in [0.25, 0.3) is 5.91 Å². The molecule has 3 heterocycles. The fourth-order valence-corrected chi connectivity index (χ4v) is 5.72. The summed E-state index contributed by atoms with van der Waals surface area (Å²) >= 11 is 8.77. The zero-order valence-corrected chi connectivity index (χ0v) is 19.1. The van der Waals surface area contributed by atoms with Crippen LogP contribution in [0.15, 0.2) is 23.8 Å². The molecular formula is C21H22ClN3O3S2. The van der Waals surface area contributed by atoms with Gasteiger partial charge >= 0.3 is 5.97 Å². The highest BCUT2D eigenvalue weighted by molar-refractivity contribution is 7.17. The Balaban J connectivity index is 1.54. The molecule has 0 fully saturated rings. The van der Waals surface area contributed by atoms with E-state index in [2.05, 4.69) is 10.4 Å². The van der Waals surface area contributed by atoms with Crippen LogP contribution in [0, 0.1) is 0 Å². The number of nitrogens with one attached hydrogen (secondary N) is 1. The van der Waals surface area contributed by atoms with Crippen molar-refractivity contribution in [3.8, 4) is 0 Å². The second-order valence-electron chi connectivity index (χ2n) is 7.50. The number of anilines is 1. The molecular weight excluding hydrogens is 442 g/mol. The van der Waals surface area contributed by atoms with Crippen LogP contribution in [-0.2, 0) is 24.1 Å². The van der Waals surface area contributed by atoms with E-state index in [0.29, 0.717) is 27.0 Å². The number of carbonyl (C=O) groups excluding carboxylic acids is 2. The molecule has 0 bridgehead atoms. The molecule has 6 nitrogen and oxygen atoms in total. The molecule has 0 saturated carbocycles. The van der Waals surface area contributed by atoms with E-state index in [9.17, 15) is 9.59 Å². The molecule has 0 aliphatic heterocycles. The molecule has 1 amide bonds. The molecule has 1 N–H and O–H groups in total. The van der Waals surface area contributed by atoms with E-state index < -0.39 is 0 Å². The third-order valence-electron chi connectivity index (χ3n) is 4.77. The standard InChI is InChI=1S/C21H22ClN3O3S2/c1-12(2)28-21(27)18-15-5-3-4-6-16(15)30-20(18)24-19(26)17-7-13(11-29-17)9-25-10-14(22)8-23-25/h7-8,10-12H,3-6,9H2,1-2H3,(H,24,26). The van der Waals surface area contributed by atoms with Gasteiger partial charge in [0.05, 0.1) is 34.3 Å². The van der Waals surface area contributed by atoms with Crippen molar-refractivity contribution in [1.29, 1.82) is 0 Å². The average Bonchev–Trinajstić information content (AvgIpc) is 3.39. The van der Waals surface area contributed by atoms with E-state index in [1.165, 1.54) is 27.6 Å². The first kappa shape index (κ1) is 21.1. The first-order chi connectivity index (χ1) is 14.4. The van der Waals surface area contributed by atoms with Crippen LogP contribution >= 0.6 is 34.3 Å². The van der Waals surface area contributed by atoms with Gasteiger partial charge in [-0.15, -0.1) is 22.7 Å². The van der Waals surface area contributed by atoms with Crippen molar-refractivity contribution in [2.24, 2.45) is 0 Å². The topological polar surface area (TPSA) is 73.2 Å². The predicted octanol–water partition coefficient (Wildman–Crippen LogP) is 5.40. The lowest BCUT2D eigenvalue weighted by Gasteiger charge is -2.14. The molecule has 0 atom stereocenters. The maximum Gasteiger partial charge on any atom is 0.341 e. The van der Waals surface area contributed by atoms with Crippen LogP contribution in [0.1, 0.15) is 62.7 Å². The van der Waals surface area contributed by atoms with Gasteiger partial charge in [-0.25, -0.2) is 4.79 Å². The largest absolute Gasteiger partial charge is 0.459 e. The lowest BCUT2D eigenvalue weighted by atomic mass is 9.95. The molecule has 3 aromatic heterocycles. The number of aromatic nitrogens is 2. The monoisotopic (exact) mass is 463 g/mol. The fourth-order valence-electron chi connectivity index (χ4n) is 3.50. The zero-order valence-electron chi connectivity index (χ0n) is 16.7. The van der Waals surface area contributed by atoms with Crippen LogP contribution in [0.2, 0.25) is 5.02 Å². The molecule has 3 aromatic rings. The summed E-state index contributed by atoms with van der Waals surface area (Å²) in [5.74, 6) is -0.580. The summed E-state index contributed by atoms with van der Waals surface area (Å²) in [7, 11) is 0. The number of rotatable bonds is 6. The maximum absolute atomic E-state index is 12.9. The summed E-state index contributed by atoms with van der Waals surface area (Å²) in [5.41, 5.74) is 2.53. The van der Waals surface area contributed by atoms with E-state index in [0.717, 1.165) is 36.8 Å². The average molecular weight is 464 g/mol. The molecule has 4 rings (SSSR count). The molecule has 9 heteroatoms. The number of esters is 1. The molecule has 1 aliphatic carbocycles. The SMILES string of the molecule is CC(C)OC(=O)c1c(NC(=O)c2cc(Cn3cc(Cl)cn3)cs2)sc2c1CCCC2. The fraction of sp³-hybridized carbons (Fsp3) is 0.381. The Morgan fingerprint density at radius 1 is 1.33 bits per heavy atom. The molecule has 0 saturated heterocycles. The van der Waals surface area contributed by atoms with E-state index >= 15 is 0 Å². The third-order valence-corrected chi connectivity index (χ3v) is 7.15. The summed E-state index contributed by atoms with van der Waals surface area (Å²) in [5, 5.41) is 10.2. The Hall–Kier alpha value is -2.16. The van der Waals surface area contributed by atoms with Crippen LogP contribution in [0.4, 0.5) is 5.00 Å². The summed E-state index contributed by atoms with van der Waals surface area (Å²) in [6.45, 7) is 4.19. The Morgan fingerprint density at radius 3 is 2.87 bits per heavy atom. The van der Waals surface area contributed by atoms with Gasteiger partial charge < -0.3 is 10.1 Å². The highest BCUT2D eigenvalue weighted by atomic mass is 35.5. The van der Waals surface area contributed by atoms with Crippen molar-refractivity contribution >= 4 is 51.2 Å². The number of halogens is 1. The number of amides is 1. The highest BCUT2D eigenvalue weighted by Crippen LogP contribution is 2.39. The van der Waals surface area contributed by atoms with Gasteiger partial charge in [0.15, 0.2) is 0 Å². The van der Waals surface area contributed by atoms with Crippen molar-refractivity contribution in [3.05, 3.63) is 55.3 Å². The van der Waals surface area contributed by atoms with Gasteiger partial charge in [-0.3, -0.25) is 9.48 Å². The van der Waals surface area contributed by atoms with Crippen LogP contribution in [0.25, 0.3) is 0 Å². The lowest BCUT2D eigenvalue weighted by molar-refractivity contribution is 0.0378. The number of fused-ring (bicyclic) bond motifs is 1. The van der Waals surface area contributed by atoms with Gasteiger partial charge in [-0.2, -0.15) is 5.10 Å². The number of thiophene rings is 2. The van der Waals surface area contributed by atoms with Gasteiger partial charge in [0, 0.05) is 11.1 Å². The Kier molecular flexibility index (Phi) is 6.26. The van der Waals surface area contributed by atoms with Crippen LogP contribution < -0.4 is 5.32 Å². The third kappa shape index (κ3) is 4.61. The van der Waals surface area contributed by atoms with E-state index in [1.54, 1.807) is 17.1 Å². The summed E-state index contributed by atoms with van der Waals surface area (Å²) < 4.78 is 7.18. The summed E-state index contributed by atoms with van der Waals surface area (Å²) in [6.07, 6.45) is 7.04. The second kappa shape index (κ2) is 8.91. The van der Waals surface area contributed by atoms with Crippen molar-refractivity contribution in [2.45, 2.75) is 52.2 Å². The van der Waals surface area contributed by atoms with Gasteiger partial charge in [-0.1, -0.05) is 11.6 Å². The van der Waals surface area contributed by atoms with Crippen LogP contribution in [0.5, 0.6) is 0 Å². The number of nitrogens with zero attached hydrogens (tertiary/aromatic N) is 2. The van der Waals surface area contributed by atoms with Crippen molar-refractivity contribution in [3.63, 3.8) is 0 Å². The van der Waals surface area contributed by atoms with Crippen LogP contribution in [0.3, 0.4) is 0 Å². The smallest absolute Gasteiger partial charge is 0.341 e. The summed E-state index contributed by atoms with van der Waals surface area (Å²) in [4.78, 5) is 27.4. The van der Waals surface area contributed by atoms with E-state index in [4.69, 9.17) is 16.3 Å². The maximum atomic E-state index is 12.9. The van der Waals surface area contributed by atoms with Gasteiger partial charge in [0.1, 0.15) is 5.00 Å². The van der Waals surface area contributed by atoms with E-state index in [1.807, 2.05) is 25.3 Å². The minimum Gasteiger partial charge on any atom is -0.459 e. The lowest BCUT2D eigenvalue weighted by Crippen LogP contribution is -2.17. The molecule has 158 valence electrons. The molecule has 0 radical (unpaired) electrons. The predicted molar refractivity (Wildman–Crippen MR) is 120 cm³/mol. The van der Waals surface area contributed by atoms with Crippen molar-refractivity contribution < 1.29 is 14.3 Å². The van der Waals surface area contributed by atoms with Crippen molar-refractivity contribution in [1.82, 2.24) is 9.78 Å². The zero-order chi connectivity index (χ0) is 21.3. The van der Waals surface area contributed by atoms with Crippen LogP contribution in [-0.4, -0.2) is 27.8 Å². The highest BCUT2D eigenvalue weighted by Gasteiger charge is 2.28. The van der Waals surface area contributed by atoms with Crippen molar-refractivity contribution in [2.75, 3.05) is 5.32 Å². The van der Waals surface area contributed by atoms with E-state index in [-0.39, 0.29) is 18.0 Å². The van der Waals surface area contributed by atoms with Gasteiger partial charge in [-0.05, 0) is 62.1 Å². The number of hydrogen-bond donors (Lipinski definition) is 1. The minimum atomic E-state index is -0.359. The van der Waals surface area contributed by atoms with Gasteiger partial charge in [0.2, 0.25) is 0 Å². The quantitative estimate of drug-likeness (QED) is 0.496. The molecule has 1 aliphatic rings. The minimum absolute atomic E-state index is 0.212. The number of ether oxygens (including phenoxy) is 1. The molecule has 0 spiro atoms. The Bertz CT molecular complexity index is 1080. The normalized spacial score (nSPS) is 13.3. The second-order valence-corrected chi connectivity index (χ2v) is 9.95. The first-order valence-electron chi connectivity index (χ1n) is 9.83. The number of aryl methyl sites for hydroxylation is 1. The summed E-state index contributed by atoms with van der Waals surface area (Å²) in [6, 6.07) is 1.84.